The Morgan fingerprint density at radius 3 is 1.71 bits per heavy atom. The molecule has 0 spiro atoms. The summed E-state index contributed by atoms with van der Waals surface area (Å²) in [7, 11) is -2.44. The van der Waals surface area contributed by atoms with E-state index in [0.29, 0.717) is 4.90 Å². The molecule has 0 aromatic heterocycles. The van der Waals surface area contributed by atoms with Crippen molar-refractivity contribution in [2.75, 3.05) is 7.11 Å². The summed E-state index contributed by atoms with van der Waals surface area (Å²) < 4.78 is 28.7. The van der Waals surface area contributed by atoms with Crippen LogP contribution in [0, 0.1) is 0 Å². The molecule has 0 aliphatic rings. The molecule has 0 atom stereocenters. The molecule has 0 heterocycles. The highest BCUT2D eigenvalue weighted by Crippen LogP contribution is 2.32. The summed E-state index contributed by atoms with van der Waals surface area (Å²) in [6.45, 7) is 7.92. The molecule has 0 saturated carbocycles. The second-order valence-corrected chi connectivity index (χ2v) is 6.35. The maximum absolute atomic E-state index is 12.0. The highest BCUT2D eigenvalue weighted by Gasteiger charge is 2.24. The largest absolute Gasteiger partial charge is 0.297 e. The van der Waals surface area contributed by atoms with Gasteiger partial charge in [-0.15, -0.1) is 0 Å². The summed E-state index contributed by atoms with van der Waals surface area (Å²) in [5, 5.41) is 0. The lowest BCUT2D eigenvalue weighted by atomic mass is 9.95. The van der Waals surface area contributed by atoms with E-state index in [1.807, 2.05) is 45.9 Å². The number of benzene rings is 1. The predicted molar refractivity (Wildman–Crippen MR) is 68.8 cm³/mol. The van der Waals surface area contributed by atoms with Crippen LogP contribution >= 0.6 is 0 Å². The average molecular weight is 256 g/mol. The van der Waals surface area contributed by atoms with Gasteiger partial charge in [-0.2, -0.15) is 8.42 Å². The lowest BCUT2D eigenvalue weighted by Crippen LogP contribution is -2.12. The quantitative estimate of drug-likeness (QED) is 0.776. The van der Waals surface area contributed by atoms with Crippen LogP contribution in [0.3, 0.4) is 0 Å². The van der Waals surface area contributed by atoms with E-state index in [4.69, 9.17) is 0 Å². The van der Waals surface area contributed by atoms with Crippen LogP contribution < -0.4 is 0 Å². The van der Waals surface area contributed by atoms with Crippen molar-refractivity contribution in [2.24, 2.45) is 0 Å². The van der Waals surface area contributed by atoms with Gasteiger partial charge in [-0.1, -0.05) is 45.9 Å². The first-order chi connectivity index (χ1) is 7.81. The first-order valence-corrected chi connectivity index (χ1v) is 7.15. The smallest absolute Gasteiger partial charge is 0.270 e. The fraction of sp³-hybridized carbons (Fsp3) is 0.538. The molecule has 0 amide bonds. The number of rotatable bonds is 4. The SMILES string of the molecule is COS(=O)(=O)c1c(C(C)C)cccc1C(C)C. The van der Waals surface area contributed by atoms with Gasteiger partial charge in [0.1, 0.15) is 4.90 Å². The van der Waals surface area contributed by atoms with E-state index in [1.54, 1.807) is 0 Å². The summed E-state index contributed by atoms with van der Waals surface area (Å²) >= 11 is 0. The van der Waals surface area contributed by atoms with Crippen molar-refractivity contribution >= 4 is 10.1 Å². The summed E-state index contributed by atoms with van der Waals surface area (Å²) in [5.41, 5.74) is 1.64. The summed E-state index contributed by atoms with van der Waals surface area (Å²) in [4.78, 5) is 0.340. The zero-order valence-corrected chi connectivity index (χ0v) is 11.8. The van der Waals surface area contributed by atoms with Gasteiger partial charge >= 0.3 is 0 Å². The molecule has 96 valence electrons. The van der Waals surface area contributed by atoms with Gasteiger partial charge in [-0.3, -0.25) is 4.18 Å². The zero-order chi connectivity index (χ0) is 13.2. The standard InChI is InChI=1S/C13H20O3S/c1-9(2)11-7-6-8-12(10(3)4)13(11)17(14,15)16-5/h6-10H,1-5H3. The molecule has 0 bridgehead atoms. The molecule has 0 saturated heterocycles. The molecular formula is C13H20O3S. The Morgan fingerprint density at radius 1 is 1.00 bits per heavy atom. The van der Waals surface area contributed by atoms with Gasteiger partial charge in [0.15, 0.2) is 0 Å². The van der Waals surface area contributed by atoms with Crippen LogP contribution in [0.25, 0.3) is 0 Å². The first-order valence-electron chi connectivity index (χ1n) is 5.74. The normalized spacial score (nSPS) is 12.4. The Balaban J connectivity index is 3.62. The minimum absolute atomic E-state index is 0.147. The summed E-state index contributed by atoms with van der Waals surface area (Å²) in [6, 6.07) is 5.60. The van der Waals surface area contributed by atoms with Gasteiger partial charge in [0, 0.05) is 0 Å². The van der Waals surface area contributed by atoms with Crippen LogP contribution in [0.15, 0.2) is 23.1 Å². The predicted octanol–water partition coefficient (Wildman–Crippen LogP) is 3.27. The van der Waals surface area contributed by atoms with Crippen LogP contribution in [0.2, 0.25) is 0 Å². The van der Waals surface area contributed by atoms with E-state index in [9.17, 15) is 8.42 Å². The monoisotopic (exact) mass is 256 g/mol. The van der Waals surface area contributed by atoms with Crippen molar-refractivity contribution in [3.8, 4) is 0 Å². The van der Waals surface area contributed by atoms with Gasteiger partial charge < -0.3 is 0 Å². The van der Waals surface area contributed by atoms with Crippen molar-refractivity contribution in [1.29, 1.82) is 0 Å². The van der Waals surface area contributed by atoms with Crippen LogP contribution in [0.5, 0.6) is 0 Å². The van der Waals surface area contributed by atoms with Gasteiger partial charge in [0.2, 0.25) is 0 Å². The van der Waals surface area contributed by atoms with Crippen molar-refractivity contribution < 1.29 is 12.6 Å². The summed E-state index contributed by atoms with van der Waals surface area (Å²) in [6.07, 6.45) is 0. The average Bonchev–Trinajstić information content (AvgIpc) is 2.27. The molecule has 1 aromatic rings. The molecule has 3 nitrogen and oxygen atoms in total. The molecule has 0 unspecified atom stereocenters. The molecule has 0 aliphatic heterocycles. The van der Waals surface area contributed by atoms with Crippen molar-refractivity contribution in [3.05, 3.63) is 29.3 Å². The first kappa shape index (κ1) is 14.2. The molecule has 0 N–H and O–H groups in total. The second-order valence-electron chi connectivity index (χ2n) is 4.70. The minimum Gasteiger partial charge on any atom is -0.270 e. The third-order valence-corrected chi connectivity index (χ3v) is 4.20. The Bertz CT molecular complexity index is 461. The number of hydrogen-bond donors (Lipinski definition) is 0. The van der Waals surface area contributed by atoms with Crippen molar-refractivity contribution in [1.82, 2.24) is 0 Å². The lowest BCUT2D eigenvalue weighted by molar-refractivity contribution is 0.395. The fourth-order valence-corrected chi connectivity index (χ4v) is 3.21. The molecule has 0 aliphatic carbocycles. The molecule has 0 fully saturated rings. The maximum Gasteiger partial charge on any atom is 0.297 e. The summed E-state index contributed by atoms with van der Waals surface area (Å²) in [5.74, 6) is 0.294. The van der Waals surface area contributed by atoms with Crippen molar-refractivity contribution in [3.63, 3.8) is 0 Å². The van der Waals surface area contributed by atoms with E-state index in [0.717, 1.165) is 11.1 Å². The van der Waals surface area contributed by atoms with E-state index in [-0.39, 0.29) is 11.8 Å². The highest BCUT2D eigenvalue weighted by molar-refractivity contribution is 7.86. The van der Waals surface area contributed by atoms with E-state index < -0.39 is 10.1 Å². The van der Waals surface area contributed by atoms with E-state index >= 15 is 0 Å². The molecule has 1 rings (SSSR count). The van der Waals surface area contributed by atoms with Gasteiger partial charge in [-0.05, 0) is 23.0 Å². The molecule has 4 heteroatoms. The van der Waals surface area contributed by atoms with Crippen molar-refractivity contribution in [2.45, 2.75) is 44.4 Å². The third kappa shape index (κ3) is 2.87. The Morgan fingerprint density at radius 2 is 1.41 bits per heavy atom. The molecular weight excluding hydrogens is 236 g/mol. The van der Waals surface area contributed by atoms with Gasteiger partial charge in [0.05, 0.1) is 7.11 Å². The van der Waals surface area contributed by atoms with Crippen LogP contribution in [0.1, 0.15) is 50.7 Å². The van der Waals surface area contributed by atoms with Crippen LogP contribution in [-0.4, -0.2) is 15.5 Å². The molecule has 0 radical (unpaired) electrons. The highest BCUT2D eigenvalue weighted by atomic mass is 32.2. The maximum atomic E-state index is 12.0. The topological polar surface area (TPSA) is 43.4 Å². The Hall–Kier alpha value is -0.870. The number of hydrogen-bond acceptors (Lipinski definition) is 3. The van der Waals surface area contributed by atoms with E-state index in [2.05, 4.69) is 4.18 Å². The minimum atomic E-state index is -3.65. The van der Waals surface area contributed by atoms with Gasteiger partial charge in [0.25, 0.3) is 10.1 Å². The second kappa shape index (κ2) is 5.19. The third-order valence-electron chi connectivity index (χ3n) is 2.79. The van der Waals surface area contributed by atoms with Crippen LogP contribution in [-0.2, 0) is 14.3 Å². The van der Waals surface area contributed by atoms with Crippen LogP contribution in [0.4, 0.5) is 0 Å². The molecule has 1 aromatic carbocycles. The Kier molecular flexibility index (Phi) is 4.33. The fourth-order valence-electron chi connectivity index (χ4n) is 1.85. The lowest BCUT2D eigenvalue weighted by Gasteiger charge is -2.18. The van der Waals surface area contributed by atoms with Gasteiger partial charge in [-0.25, -0.2) is 0 Å². The Labute approximate surface area is 104 Å². The zero-order valence-electron chi connectivity index (χ0n) is 11.0. The molecule has 17 heavy (non-hydrogen) atoms. The van der Waals surface area contributed by atoms with E-state index in [1.165, 1.54) is 7.11 Å².